The minimum absolute atomic E-state index is 0.100. The van der Waals surface area contributed by atoms with Crippen LogP contribution >= 0.6 is 0 Å². The van der Waals surface area contributed by atoms with Crippen molar-refractivity contribution in [2.75, 3.05) is 19.3 Å². The molecule has 16 heavy (non-hydrogen) atoms. The Balaban J connectivity index is 3.16. The Morgan fingerprint density at radius 3 is 2.50 bits per heavy atom. The SMILES string of the molecule is CCCN(C)S(=O)(=O)c1cc(N)cc(F)c1. The van der Waals surface area contributed by atoms with Gasteiger partial charge in [0.15, 0.2) is 0 Å². The predicted molar refractivity (Wildman–Crippen MR) is 60.9 cm³/mol. The maximum Gasteiger partial charge on any atom is 0.242 e. The highest BCUT2D eigenvalue weighted by molar-refractivity contribution is 7.89. The minimum atomic E-state index is -3.63. The number of halogens is 1. The van der Waals surface area contributed by atoms with E-state index in [0.717, 1.165) is 12.1 Å². The van der Waals surface area contributed by atoms with E-state index in [9.17, 15) is 12.8 Å². The summed E-state index contributed by atoms with van der Waals surface area (Å²) in [5, 5.41) is 0. The molecule has 1 aromatic rings. The monoisotopic (exact) mass is 246 g/mol. The fraction of sp³-hybridized carbons (Fsp3) is 0.400. The largest absolute Gasteiger partial charge is 0.399 e. The minimum Gasteiger partial charge on any atom is -0.399 e. The Morgan fingerprint density at radius 1 is 1.38 bits per heavy atom. The fourth-order valence-electron chi connectivity index (χ4n) is 1.35. The van der Waals surface area contributed by atoms with Crippen molar-refractivity contribution in [2.24, 2.45) is 0 Å². The van der Waals surface area contributed by atoms with Gasteiger partial charge >= 0.3 is 0 Å². The van der Waals surface area contributed by atoms with E-state index in [2.05, 4.69) is 0 Å². The molecule has 0 aliphatic heterocycles. The van der Waals surface area contributed by atoms with Gasteiger partial charge in [0.1, 0.15) is 5.82 Å². The van der Waals surface area contributed by atoms with Crippen molar-refractivity contribution in [3.05, 3.63) is 24.0 Å². The molecule has 4 nitrogen and oxygen atoms in total. The number of rotatable bonds is 4. The zero-order valence-corrected chi connectivity index (χ0v) is 10.1. The third kappa shape index (κ3) is 2.70. The lowest BCUT2D eigenvalue weighted by molar-refractivity contribution is 0.467. The summed E-state index contributed by atoms with van der Waals surface area (Å²) in [5.74, 6) is -0.650. The molecule has 0 aromatic heterocycles. The summed E-state index contributed by atoms with van der Waals surface area (Å²) in [4.78, 5) is -0.110. The molecule has 1 aromatic carbocycles. The number of nitrogen functional groups attached to an aromatic ring is 1. The maximum atomic E-state index is 13.0. The predicted octanol–water partition coefficient (Wildman–Crippen LogP) is 1.44. The van der Waals surface area contributed by atoms with Crippen LogP contribution in [0.15, 0.2) is 23.1 Å². The molecule has 0 spiro atoms. The standard InChI is InChI=1S/C10H15FN2O2S/c1-3-4-13(2)16(14,15)10-6-8(11)5-9(12)7-10/h5-7H,3-4,12H2,1-2H3. The maximum absolute atomic E-state index is 13.0. The van der Waals surface area contributed by atoms with Crippen LogP contribution in [0.25, 0.3) is 0 Å². The number of benzene rings is 1. The van der Waals surface area contributed by atoms with Crippen LogP contribution in [0, 0.1) is 5.82 Å². The highest BCUT2D eigenvalue weighted by Crippen LogP contribution is 2.19. The molecule has 0 saturated carbocycles. The average Bonchev–Trinajstić information content (AvgIpc) is 2.16. The quantitative estimate of drug-likeness (QED) is 0.818. The fourth-order valence-corrected chi connectivity index (χ4v) is 2.68. The summed E-state index contributed by atoms with van der Waals surface area (Å²) < 4.78 is 38.1. The molecule has 0 saturated heterocycles. The Kier molecular flexibility index (Phi) is 3.88. The van der Waals surface area contributed by atoms with Crippen LogP contribution in [0.5, 0.6) is 0 Å². The summed E-state index contributed by atoms with van der Waals surface area (Å²) in [7, 11) is -2.17. The smallest absolute Gasteiger partial charge is 0.242 e. The van der Waals surface area contributed by atoms with Crippen molar-refractivity contribution in [1.29, 1.82) is 0 Å². The molecule has 0 aliphatic rings. The number of hydrogen-bond donors (Lipinski definition) is 1. The number of nitrogens with zero attached hydrogens (tertiary/aromatic N) is 1. The van der Waals surface area contributed by atoms with Crippen molar-refractivity contribution in [2.45, 2.75) is 18.2 Å². The Hall–Kier alpha value is -1.14. The van der Waals surface area contributed by atoms with Crippen LogP contribution in [0.2, 0.25) is 0 Å². The molecule has 0 amide bonds. The normalized spacial score (nSPS) is 12.0. The molecule has 0 radical (unpaired) electrons. The van der Waals surface area contributed by atoms with Gasteiger partial charge in [0, 0.05) is 19.3 Å². The summed E-state index contributed by atoms with van der Waals surface area (Å²) >= 11 is 0. The molecular weight excluding hydrogens is 231 g/mol. The van der Waals surface area contributed by atoms with Gasteiger partial charge in [-0.2, -0.15) is 0 Å². The van der Waals surface area contributed by atoms with E-state index < -0.39 is 15.8 Å². The molecule has 6 heteroatoms. The second-order valence-corrected chi connectivity index (χ2v) is 5.59. The van der Waals surface area contributed by atoms with E-state index >= 15 is 0 Å². The topological polar surface area (TPSA) is 63.4 Å². The summed E-state index contributed by atoms with van der Waals surface area (Å²) in [6, 6.07) is 3.31. The van der Waals surface area contributed by atoms with Gasteiger partial charge < -0.3 is 5.73 Å². The van der Waals surface area contributed by atoms with Crippen LogP contribution in [-0.2, 0) is 10.0 Å². The molecule has 0 unspecified atom stereocenters. The van der Waals surface area contributed by atoms with Gasteiger partial charge in [-0.15, -0.1) is 0 Å². The second kappa shape index (κ2) is 4.80. The lowest BCUT2D eigenvalue weighted by Gasteiger charge is -2.16. The molecule has 0 aliphatic carbocycles. The van der Waals surface area contributed by atoms with Crippen molar-refractivity contribution in [1.82, 2.24) is 4.31 Å². The highest BCUT2D eigenvalue weighted by Gasteiger charge is 2.20. The van der Waals surface area contributed by atoms with Crippen LogP contribution in [-0.4, -0.2) is 26.3 Å². The van der Waals surface area contributed by atoms with Crippen LogP contribution in [0.3, 0.4) is 0 Å². The van der Waals surface area contributed by atoms with E-state index in [0.29, 0.717) is 13.0 Å². The number of sulfonamides is 1. The molecule has 0 heterocycles. The zero-order chi connectivity index (χ0) is 12.3. The summed E-state index contributed by atoms with van der Waals surface area (Å²) in [6.45, 7) is 2.25. The molecule has 0 bridgehead atoms. The van der Waals surface area contributed by atoms with Gasteiger partial charge in [-0.25, -0.2) is 17.1 Å². The summed E-state index contributed by atoms with van der Waals surface area (Å²) in [6.07, 6.45) is 0.695. The molecule has 0 fully saturated rings. The van der Waals surface area contributed by atoms with Gasteiger partial charge in [0.2, 0.25) is 10.0 Å². The molecule has 1 rings (SSSR count). The number of anilines is 1. The first-order valence-corrected chi connectivity index (χ1v) is 6.34. The third-order valence-electron chi connectivity index (χ3n) is 2.14. The van der Waals surface area contributed by atoms with Gasteiger partial charge in [-0.3, -0.25) is 0 Å². The Morgan fingerprint density at radius 2 is 2.00 bits per heavy atom. The van der Waals surface area contributed by atoms with Gasteiger partial charge in [0.25, 0.3) is 0 Å². The molecule has 0 atom stereocenters. The first-order chi connectivity index (χ1) is 7.37. The van der Waals surface area contributed by atoms with Crippen molar-refractivity contribution in [3.63, 3.8) is 0 Å². The average molecular weight is 246 g/mol. The van der Waals surface area contributed by atoms with E-state index in [4.69, 9.17) is 5.73 Å². The molecule has 2 N–H and O–H groups in total. The van der Waals surface area contributed by atoms with Crippen LogP contribution < -0.4 is 5.73 Å². The lowest BCUT2D eigenvalue weighted by atomic mass is 10.3. The Bertz CT molecular complexity index is 453. The van der Waals surface area contributed by atoms with Crippen molar-refractivity contribution < 1.29 is 12.8 Å². The third-order valence-corrected chi connectivity index (χ3v) is 3.97. The van der Waals surface area contributed by atoms with Crippen LogP contribution in [0.4, 0.5) is 10.1 Å². The van der Waals surface area contributed by atoms with E-state index in [1.807, 2.05) is 6.92 Å². The molecule has 90 valence electrons. The van der Waals surface area contributed by atoms with Crippen molar-refractivity contribution in [3.8, 4) is 0 Å². The lowest BCUT2D eigenvalue weighted by Crippen LogP contribution is -2.27. The van der Waals surface area contributed by atoms with E-state index in [1.165, 1.54) is 17.4 Å². The van der Waals surface area contributed by atoms with E-state index in [1.54, 1.807) is 0 Å². The number of hydrogen-bond acceptors (Lipinski definition) is 3. The Labute approximate surface area is 94.9 Å². The summed E-state index contributed by atoms with van der Waals surface area (Å²) in [5.41, 5.74) is 5.51. The van der Waals surface area contributed by atoms with Crippen molar-refractivity contribution >= 4 is 15.7 Å². The first-order valence-electron chi connectivity index (χ1n) is 4.90. The number of nitrogens with two attached hydrogens (primary N) is 1. The van der Waals surface area contributed by atoms with E-state index in [-0.39, 0.29) is 10.6 Å². The zero-order valence-electron chi connectivity index (χ0n) is 9.27. The van der Waals surface area contributed by atoms with Crippen LogP contribution in [0.1, 0.15) is 13.3 Å². The first kappa shape index (κ1) is 12.9. The molecular formula is C10H15FN2O2S. The van der Waals surface area contributed by atoms with Gasteiger partial charge in [0.05, 0.1) is 4.90 Å². The van der Waals surface area contributed by atoms with Gasteiger partial charge in [-0.05, 0) is 24.6 Å². The second-order valence-electron chi connectivity index (χ2n) is 3.55. The van der Waals surface area contributed by atoms with Gasteiger partial charge in [-0.1, -0.05) is 6.92 Å². The highest BCUT2D eigenvalue weighted by atomic mass is 32.2.